The average Bonchev–Trinajstić information content (AvgIpc) is 2.37. The monoisotopic (exact) mass is 354 g/mol. The molecule has 1 aliphatic rings. The van der Waals surface area contributed by atoms with Crippen LogP contribution in [0.4, 0.5) is 0 Å². The lowest BCUT2D eigenvalue weighted by atomic mass is 10.0. The fraction of sp³-hybridized carbons (Fsp3) is 0.214. The predicted molar refractivity (Wildman–Crippen MR) is 81.7 cm³/mol. The van der Waals surface area contributed by atoms with Crippen molar-refractivity contribution in [2.24, 2.45) is 10.9 Å². The van der Waals surface area contributed by atoms with Gasteiger partial charge in [0.25, 0.3) is 5.91 Å². The summed E-state index contributed by atoms with van der Waals surface area (Å²) in [6, 6.07) is 5.41. The minimum Gasteiger partial charge on any atom is -0.351 e. The van der Waals surface area contributed by atoms with E-state index in [2.05, 4.69) is 26.2 Å². The number of rotatable bonds is 3. The van der Waals surface area contributed by atoms with Crippen molar-refractivity contribution in [3.8, 4) is 0 Å². The molecular weight excluding hydrogens is 344 g/mol. The third-order valence-electron chi connectivity index (χ3n) is 2.83. The molecule has 0 bridgehead atoms. The number of carbonyl (C=O) groups is 2. The fourth-order valence-corrected chi connectivity index (χ4v) is 2.50. The van der Waals surface area contributed by atoms with Gasteiger partial charge in [-0.05, 0) is 30.7 Å². The zero-order valence-electron chi connectivity index (χ0n) is 10.7. The number of allylic oxidation sites excluding steroid dienone is 1. The van der Waals surface area contributed by atoms with E-state index in [-0.39, 0.29) is 12.5 Å². The molecule has 0 saturated heterocycles. The summed E-state index contributed by atoms with van der Waals surface area (Å²) in [6.45, 7) is 1.98. The van der Waals surface area contributed by atoms with Crippen LogP contribution in [0.25, 0.3) is 0 Å². The summed E-state index contributed by atoms with van der Waals surface area (Å²) in [5.41, 5.74) is 1.39. The number of nitrogens with zero attached hydrogens (tertiary/aromatic N) is 1. The third-order valence-corrected chi connectivity index (χ3v) is 3.68. The van der Waals surface area contributed by atoms with Gasteiger partial charge in [0, 0.05) is 21.8 Å². The van der Waals surface area contributed by atoms with Crippen LogP contribution in [0, 0.1) is 5.92 Å². The second-order valence-electron chi connectivity index (χ2n) is 4.38. The molecule has 20 heavy (non-hydrogen) atoms. The largest absolute Gasteiger partial charge is 0.351 e. The fourth-order valence-electron chi connectivity index (χ4n) is 1.76. The Balaban J connectivity index is 1.99. The molecule has 0 radical (unpaired) electrons. The van der Waals surface area contributed by atoms with Gasteiger partial charge >= 0.3 is 0 Å². The van der Waals surface area contributed by atoms with Gasteiger partial charge in [-0.3, -0.25) is 9.59 Å². The first-order valence-corrected chi connectivity index (χ1v) is 7.13. The summed E-state index contributed by atoms with van der Waals surface area (Å²) >= 11 is 9.37. The number of carbonyl (C=O) groups excluding carboxylic acids is 2. The summed E-state index contributed by atoms with van der Waals surface area (Å²) in [7, 11) is 0. The Morgan fingerprint density at radius 3 is 2.90 bits per heavy atom. The maximum absolute atomic E-state index is 12.0. The van der Waals surface area contributed by atoms with Crippen molar-refractivity contribution < 1.29 is 9.59 Å². The Morgan fingerprint density at radius 2 is 2.25 bits per heavy atom. The van der Waals surface area contributed by atoms with Crippen LogP contribution in [0.3, 0.4) is 0 Å². The van der Waals surface area contributed by atoms with E-state index in [0.717, 1.165) is 10.0 Å². The van der Waals surface area contributed by atoms with Gasteiger partial charge in [-0.2, -0.15) is 0 Å². The van der Waals surface area contributed by atoms with Gasteiger partial charge in [0.05, 0.1) is 0 Å². The van der Waals surface area contributed by atoms with E-state index in [4.69, 9.17) is 11.6 Å². The maximum Gasteiger partial charge on any atom is 0.262 e. The smallest absolute Gasteiger partial charge is 0.262 e. The molecule has 0 aliphatic carbocycles. The zero-order valence-corrected chi connectivity index (χ0v) is 13.0. The lowest BCUT2D eigenvalue weighted by Gasteiger charge is -2.13. The minimum absolute atomic E-state index is 0.269. The van der Waals surface area contributed by atoms with E-state index in [9.17, 15) is 9.59 Å². The summed E-state index contributed by atoms with van der Waals surface area (Å²) in [5, 5.41) is 3.25. The van der Waals surface area contributed by atoms with E-state index in [1.165, 1.54) is 0 Å². The number of hydrogen-bond acceptors (Lipinski definition) is 2. The molecule has 0 aromatic heterocycles. The molecule has 1 aliphatic heterocycles. The van der Waals surface area contributed by atoms with Gasteiger partial charge in [0.2, 0.25) is 5.91 Å². The Labute approximate surface area is 130 Å². The number of benzene rings is 1. The van der Waals surface area contributed by atoms with Gasteiger partial charge in [0.1, 0.15) is 5.92 Å². The van der Waals surface area contributed by atoms with Crippen LogP contribution in [0.15, 0.2) is 39.8 Å². The van der Waals surface area contributed by atoms with Crippen molar-refractivity contribution in [3.63, 3.8) is 0 Å². The molecule has 2 amide bonds. The first-order valence-electron chi connectivity index (χ1n) is 5.96. The molecule has 0 spiro atoms. The number of amides is 2. The lowest BCUT2D eigenvalue weighted by molar-refractivity contribution is -0.131. The number of aliphatic imine (C=N–C) groups is 1. The summed E-state index contributed by atoms with van der Waals surface area (Å²) in [5.74, 6) is -1.67. The Morgan fingerprint density at radius 1 is 1.50 bits per heavy atom. The van der Waals surface area contributed by atoms with Crippen molar-refractivity contribution >= 4 is 45.1 Å². The van der Waals surface area contributed by atoms with Crippen LogP contribution < -0.4 is 5.32 Å². The first kappa shape index (κ1) is 14.9. The summed E-state index contributed by atoms with van der Waals surface area (Å²) < 4.78 is 0.868. The third kappa shape index (κ3) is 3.55. The van der Waals surface area contributed by atoms with Crippen LogP contribution in [-0.4, -0.2) is 17.5 Å². The number of dihydropyridines is 1. The normalized spacial score (nSPS) is 17.9. The molecule has 1 aromatic rings. The molecule has 1 atom stereocenters. The van der Waals surface area contributed by atoms with E-state index >= 15 is 0 Å². The number of halogens is 2. The van der Waals surface area contributed by atoms with E-state index in [1.807, 2.05) is 12.1 Å². The highest BCUT2D eigenvalue weighted by Gasteiger charge is 2.25. The molecule has 1 heterocycles. The average molecular weight is 356 g/mol. The zero-order chi connectivity index (χ0) is 14.7. The van der Waals surface area contributed by atoms with E-state index in [0.29, 0.717) is 10.7 Å². The number of hydrogen-bond donors (Lipinski definition) is 1. The molecular formula is C14H12BrClN2O2. The van der Waals surface area contributed by atoms with Crippen molar-refractivity contribution in [1.82, 2.24) is 5.32 Å². The van der Waals surface area contributed by atoms with Crippen molar-refractivity contribution in [2.45, 2.75) is 13.5 Å². The second-order valence-corrected chi connectivity index (χ2v) is 5.70. The number of nitrogens with one attached hydrogen (secondary N) is 1. The molecule has 4 nitrogen and oxygen atoms in total. The Bertz CT molecular complexity index is 626. The minimum atomic E-state index is -0.854. The van der Waals surface area contributed by atoms with Gasteiger partial charge in [-0.1, -0.05) is 39.7 Å². The van der Waals surface area contributed by atoms with E-state index in [1.54, 1.807) is 25.1 Å². The second kappa shape index (κ2) is 6.33. The van der Waals surface area contributed by atoms with Gasteiger partial charge in [-0.15, -0.1) is 0 Å². The standard InChI is InChI=1S/C14H12BrClN2O2/c1-8-2-5-11(14(20)18-8)13(19)17-7-9-3-4-10(15)6-12(9)16/h2-6,11H,7H2,1H3,(H,17,19). The molecule has 1 N–H and O–H groups in total. The highest BCUT2D eigenvalue weighted by molar-refractivity contribution is 9.10. The molecule has 104 valence electrons. The van der Waals surface area contributed by atoms with Gasteiger partial charge < -0.3 is 5.32 Å². The van der Waals surface area contributed by atoms with Gasteiger partial charge in [-0.25, -0.2) is 4.99 Å². The molecule has 0 saturated carbocycles. The Kier molecular flexibility index (Phi) is 4.73. The topological polar surface area (TPSA) is 58.5 Å². The molecule has 2 rings (SSSR count). The van der Waals surface area contributed by atoms with Crippen molar-refractivity contribution in [3.05, 3.63) is 45.4 Å². The van der Waals surface area contributed by atoms with Crippen LogP contribution in [0.5, 0.6) is 0 Å². The molecule has 1 unspecified atom stereocenters. The van der Waals surface area contributed by atoms with Crippen LogP contribution in [-0.2, 0) is 16.1 Å². The summed E-state index contributed by atoms with van der Waals surface area (Å²) in [4.78, 5) is 27.4. The first-order chi connectivity index (χ1) is 9.47. The molecule has 1 aromatic carbocycles. The highest BCUT2D eigenvalue weighted by Crippen LogP contribution is 2.21. The van der Waals surface area contributed by atoms with Crippen molar-refractivity contribution in [2.75, 3.05) is 0 Å². The highest BCUT2D eigenvalue weighted by atomic mass is 79.9. The van der Waals surface area contributed by atoms with Crippen LogP contribution in [0.2, 0.25) is 5.02 Å². The van der Waals surface area contributed by atoms with Crippen molar-refractivity contribution in [1.29, 1.82) is 0 Å². The summed E-state index contributed by atoms with van der Waals surface area (Å²) in [6.07, 6.45) is 3.22. The molecule has 0 fully saturated rings. The van der Waals surface area contributed by atoms with Crippen LogP contribution >= 0.6 is 27.5 Å². The lowest BCUT2D eigenvalue weighted by Crippen LogP contribution is -2.34. The quantitative estimate of drug-likeness (QED) is 0.848. The van der Waals surface area contributed by atoms with E-state index < -0.39 is 11.8 Å². The maximum atomic E-state index is 12.0. The predicted octanol–water partition coefficient (Wildman–Crippen LogP) is 2.89. The SMILES string of the molecule is CC1=NC(=O)C(C(=O)NCc2ccc(Br)cc2Cl)C=C1. The Hall–Kier alpha value is -1.46. The van der Waals surface area contributed by atoms with Gasteiger partial charge in [0.15, 0.2) is 0 Å². The van der Waals surface area contributed by atoms with Crippen LogP contribution in [0.1, 0.15) is 12.5 Å². The molecule has 6 heteroatoms.